The van der Waals surface area contributed by atoms with E-state index in [1.54, 1.807) is 49.4 Å². The number of nitrogens with zero attached hydrogens (tertiary/aromatic N) is 1. The molecule has 0 unspecified atom stereocenters. The van der Waals surface area contributed by atoms with Crippen LogP contribution in [0.5, 0.6) is 5.75 Å². The fraction of sp³-hybridized carbons (Fsp3) is 0.0690. The van der Waals surface area contributed by atoms with Gasteiger partial charge in [0.25, 0.3) is 11.8 Å². The Hall–Kier alpha value is -4.49. The molecule has 8 heteroatoms. The van der Waals surface area contributed by atoms with Gasteiger partial charge in [-0.2, -0.15) is 0 Å². The summed E-state index contributed by atoms with van der Waals surface area (Å²) in [6, 6.07) is 21.1. The van der Waals surface area contributed by atoms with E-state index in [0.29, 0.717) is 32.8 Å². The maximum Gasteiger partial charge on any atom is 0.335 e. The monoisotopic (exact) mass is 514 g/mol. The Bertz CT molecular complexity index is 1620. The Morgan fingerprint density at radius 3 is 2.51 bits per heavy atom. The summed E-state index contributed by atoms with van der Waals surface area (Å²) in [5.74, 6) is -1.69. The van der Waals surface area contributed by atoms with Crippen LogP contribution in [-0.2, 0) is 16.2 Å². The van der Waals surface area contributed by atoms with Gasteiger partial charge in [0, 0.05) is 16.1 Å². The molecule has 0 atom stereocenters. The van der Waals surface area contributed by atoms with Crippen LogP contribution in [0.2, 0.25) is 5.02 Å². The van der Waals surface area contributed by atoms with Gasteiger partial charge < -0.3 is 4.74 Å². The number of imide groups is 2. The SMILES string of the molecule is Cc1c(Cl)cccc1N1C(=O)NC(=O)/C(=C\c2c(OCc3ccccc3F)ccc3ccccc23)C1=O. The number of carbonyl (C=O) groups excluding carboxylic acids is 3. The molecule has 1 fully saturated rings. The van der Waals surface area contributed by atoms with Crippen molar-refractivity contribution >= 4 is 52.0 Å². The Labute approximate surface area is 216 Å². The van der Waals surface area contributed by atoms with Gasteiger partial charge in [-0.1, -0.05) is 66.2 Å². The number of benzene rings is 4. The number of carbonyl (C=O) groups is 3. The Morgan fingerprint density at radius 2 is 1.70 bits per heavy atom. The molecular formula is C29H20ClFN2O4. The third-order valence-electron chi connectivity index (χ3n) is 6.14. The van der Waals surface area contributed by atoms with Crippen molar-refractivity contribution in [3.63, 3.8) is 0 Å². The van der Waals surface area contributed by atoms with Crippen molar-refractivity contribution in [2.45, 2.75) is 13.5 Å². The quantitative estimate of drug-likeness (QED) is 0.255. The van der Waals surface area contributed by atoms with Crippen molar-refractivity contribution in [1.29, 1.82) is 0 Å². The van der Waals surface area contributed by atoms with Crippen LogP contribution < -0.4 is 15.0 Å². The van der Waals surface area contributed by atoms with Crippen molar-refractivity contribution in [2.24, 2.45) is 0 Å². The largest absolute Gasteiger partial charge is 0.488 e. The van der Waals surface area contributed by atoms with E-state index in [4.69, 9.17) is 16.3 Å². The first kappa shape index (κ1) is 24.2. The van der Waals surface area contributed by atoms with Crippen molar-refractivity contribution in [1.82, 2.24) is 5.32 Å². The molecule has 0 aliphatic carbocycles. The van der Waals surface area contributed by atoms with Crippen LogP contribution in [0.3, 0.4) is 0 Å². The van der Waals surface area contributed by atoms with Crippen molar-refractivity contribution < 1.29 is 23.5 Å². The van der Waals surface area contributed by atoms with Crippen molar-refractivity contribution in [3.05, 3.63) is 112 Å². The molecule has 184 valence electrons. The fourth-order valence-electron chi connectivity index (χ4n) is 4.18. The second-order valence-electron chi connectivity index (χ2n) is 8.42. The number of hydrogen-bond acceptors (Lipinski definition) is 4. The van der Waals surface area contributed by atoms with Crippen molar-refractivity contribution in [2.75, 3.05) is 4.90 Å². The molecule has 1 aliphatic rings. The number of anilines is 1. The van der Waals surface area contributed by atoms with E-state index >= 15 is 0 Å². The molecule has 4 aromatic rings. The van der Waals surface area contributed by atoms with Crippen molar-refractivity contribution in [3.8, 4) is 5.75 Å². The molecule has 1 N–H and O–H groups in total. The zero-order valence-electron chi connectivity index (χ0n) is 19.6. The van der Waals surface area contributed by atoms with E-state index in [-0.39, 0.29) is 17.9 Å². The van der Waals surface area contributed by atoms with Gasteiger partial charge in [-0.25, -0.2) is 14.1 Å². The second kappa shape index (κ2) is 9.87. The number of barbiturate groups is 1. The summed E-state index contributed by atoms with van der Waals surface area (Å²) >= 11 is 6.21. The average Bonchev–Trinajstić information content (AvgIpc) is 2.88. The topological polar surface area (TPSA) is 75.7 Å². The zero-order chi connectivity index (χ0) is 26.1. The molecule has 0 radical (unpaired) electrons. The van der Waals surface area contributed by atoms with Crippen LogP contribution in [0.25, 0.3) is 16.8 Å². The van der Waals surface area contributed by atoms with Gasteiger partial charge in [0.05, 0.1) is 5.69 Å². The predicted octanol–water partition coefficient (Wildman–Crippen LogP) is 6.19. The number of halogens is 2. The molecule has 1 saturated heterocycles. The molecular weight excluding hydrogens is 495 g/mol. The minimum Gasteiger partial charge on any atom is -0.488 e. The van der Waals surface area contributed by atoms with Crippen LogP contribution in [0.1, 0.15) is 16.7 Å². The van der Waals surface area contributed by atoms with Gasteiger partial charge in [-0.3, -0.25) is 14.9 Å². The predicted molar refractivity (Wildman–Crippen MR) is 140 cm³/mol. The lowest BCUT2D eigenvalue weighted by atomic mass is 9.99. The Morgan fingerprint density at radius 1 is 0.946 bits per heavy atom. The van der Waals surface area contributed by atoms with Crippen LogP contribution in [0.15, 0.2) is 84.4 Å². The summed E-state index contributed by atoms with van der Waals surface area (Å²) in [5.41, 5.74) is 1.33. The summed E-state index contributed by atoms with van der Waals surface area (Å²) in [7, 11) is 0. The van der Waals surface area contributed by atoms with Gasteiger partial charge in [0.15, 0.2) is 0 Å². The highest BCUT2D eigenvalue weighted by Gasteiger charge is 2.38. The second-order valence-corrected chi connectivity index (χ2v) is 8.83. The molecule has 0 spiro atoms. The van der Waals surface area contributed by atoms with E-state index in [1.165, 1.54) is 12.1 Å². The summed E-state index contributed by atoms with van der Waals surface area (Å²) in [6.45, 7) is 1.62. The Balaban J connectivity index is 1.61. The number of urea groups is 1. The molecule has 1 heterocycles. The van der Waals surface area contributed by atoms with Gasteiger partial charge in [0.2, 0.25) is 0 Å². The highest BCUT2D eigenvalue weighted by Crippen LogP contribution is 2.34. The number of amides is 4. The average molecular weight is 515 g/mol. The third-order valence-corrected chi connectivity index (χ3v) is 6.55. The molecule has 6 nitrogen and oxygen atoms in total. The van der Waals surface area contributed by atoms with E-state index in [2.05, 4.69) is 5.32 Å². The smallest absolute Gasteiger partial charge is 0.335 e. The molecule has 4 amide bonds. The first-order chi connectivity index (χ1) is 17.8. The minimum atomic E-state index is -0.869. The van der Waals surface area contributed by atoms with Crippen LogP contribution in [-0.4, -0.2) is 17.8 Å². The summed E-state index contributed by atoms with van der Waals surface area (Å²) in [4.78, 5) is 40.0. The zero-order valence-corrected chi connectivity index (χ0v) is 20.4. The standard InChI is InChI=1S/C29H20ClFN2O4/c1-17-23(30)10-6-12-25(17)33-28(35)22(27(34)32-29(33)36)15-21-20-9-4-2-7-18(20)13-14-26(21)37-16-19-8-3-5-11-24(19)31/h2-15H,16H2,1H3,(H,32,34,36)/b22-15+. The molecule has 5 rings (SSSR count). The normalized spacial score (nSPS) is 14.8. The number of hydrogen-bond donors (Lipinski definition) is 1. The first-order valence-electron chi connectivity index (χ1n) is 11.4. The third kappa shape index (κ3) is 4.57. The summed E-state index contributed by atoms with van der Waals surface area (Å²) in [6.07, 6.45) is 1.40. The fourth-order valence-corrected chi connectivity index (χ4v) is 4.35. The molecule has 37 heavy (non-hydrogen) atoms. The molecule has 0 saturated carbocycles. The lowest BCUT2D eigenvalue weighted by Gasteiger charge is -2.28. The molecule has 0 aromatic heterocycles. The van der Waals surface area contributed by atoms with Crippen LogP contribution in [0, 0.1) is 12.7 Å². The summed E-state index contributed by atoms with van der Waals surface area (Å²) < 4.78 is 20.2. The van der Waals surface area contributed by atoms with E-state index in [0.717, 1.165) is 10.3 Å². The number of ether oxygens (including phenoxy) is 1. The maximum atomic E-state index is 14.2. The van der Waals surface area contributed by atoms with Gasteiger partial charge >= 0.3 is 6.03 Å². The van der Waals surface area contributed by atoms with Gasteiger partial charge in [-0.05, 0) is 53.6 Å². The molecule has 1 aliphatic heterocycles. The van der Waals surface area contributed by atoms with E-state index in [9.17, 15) is 18.8 Å². The lowest BCUT2D eigenvalue weighted by Crippen LogP contribution is -2.54. The van der Waals surface area contributed by atoms with Crippen LogP contribution in [0.4, 0.5) is 14.9 Å². The summed E-state index contributed by atoms with van der Waals surface area (Å²) in [5, 5.41) is 4.16. The molecule has 0 bridgehead atoms. The highest BCUT2D eigenvalue weighted by atomic mass is 35.5. The maximum absolute atomic E-state index is 14.2. The van der Waals surface area contributed by atoms with E-state index < -0.39 is 23.7 Å². The molecule has 4 aromatic carbocycles. The van der Waals surface area contributed by atoms with Gasteiger partial charge in [-0.15, -0.1) is 0 Å². The first-order valence-corrected chi connectivity index (χ1v) is 11.8. The number of nitrogens with one attached hydrogen (secondary N) is 1. The van der Waals surface area contributed by atoms with Gasteiger partial charge in [0.1, 0.15) is 23.7 Å². The number of fused-ring (bicyclic) bond motifs is 1. The van der Waals surface area contributed by atoms with Crippen LogP contribution >= 0.6 is 11.6 Å². The number of rotatable bonds is 5. The minimum absolute atomic E-state index is 0.0619. The Kier molecular flexibility index (Phi) is 6.46. The lowest BCUT2D eigenvalue weighted by molar-refractivity contribution is -0.122. The highest BCUT2D eigenvalue weighted by molar-refractivity contribution is 6.40. The van der Waals surface area contributed by atoms with E-state index in [1.807, 2.05) is 30.3 Å².